The molecule has 0 aliphatic heterocycles. The van der Waals surface area contributed by atoms with Crippen LogP contribution in [-0.2, 0) is 4.74 Å². The first-order chi connectivity index (χ1) is 7.90. The Morgan fingerprint density at radius 2 is 1.75 bits per heavy atom. The molecule has 0 amide bonds. The Morgan fingerprint density at radius 3 is 2.38 bits per heavy atom. The fourth-order valence-electron chi connectivity index (χ4n) is 2.50. The van der Waals surface area contributed by atoms with E-state index in [-0.39, 0.29) is 0 Å². The molecule has 0 atom stereocenters. The summed E-state index contributed by atoms with van der Waals surface area (Å²) in [6.45, 7) is 0.848. The molecule has 2 rings (SSSR count). The van der Waals surface area contributed by atoms with Gasteiger partial charge in [-0.05, 0) is 37.2 Å². The third-order valence-corrected chi connectivity index (χ3v) is 3.70. The van der Waals surface area contributed by atoms with Crippen molar-refractivity contribution >= 4 is 15.9 Å². The molecule has 88 valence electrons. The molecule has 0 unspecified atom stereocenters. The highest BCUT2D eigenvalue weighted by Gasteiger charge is 2.22. The Morgan fingerprint density at radius 1 is 1.06 bits per heavy atom. The number of hydrogen-bond acceptors (Lipinski definition) is 1. The van der Waals surface area contributed by atoms with Crippen LogP contribution >= 0.6 is 15.9 Å². The van der Waals surface area contributed by atoms with Crippen LogP contribution in [0.5, 0.6) is 0 Å². The summed E-state index contributed by atoms with van der Waals surface area (Å²) in [4.78, 5) is 0. The van der Waals surface area contributed by atoms with Crippen molar-refractivity contribution in [2.75, 3.05) is 11.9 Å². The number of rotatable bonds is 4. The predicted octanol–water partition coefficient (Wildman–Crippen LogP) is 4.12. The van der Waals surface area contributed by atoms with Gasteiger partial charge in [0, 0.05) is 5.33 Å². The molecule has 0 N–H and O–H groups in total. The minimum Gasteiger partial charge on any atom is -0.377 e. The molecule has 1 nitrogen and oxygen atoms in total. The van der Waals surface area contributed by atoms with Crippen LogP contribution in [0.25, 0.3) is 0 Å². The molecule has 0 spiro atoms. The Balaban J connectivity index is 1.81. The summed E-state index contributed by atoms with van der Waals surface area (Å²) in [5, 5.41) is 0.950. The first kappa shape index (κ1) is 12.1. The van der Waals surface area contributed by atoms with Crippen molar-refractivity contribution in [1.29, 1.82) is 0 Å². The van der Waals surface area contributed by atoms with Crippen LogP contribution in [0.3, 0.4) is 0 Å². The van der Waals surface area contributed by atoms with E-state index < -0.39 is 0 Å². The Bertz CT molecular complexity index is 291. The van der Waals surface area contributed by atoms with Crippen LogP contribution in [0.1, 0.15) is 37.2 Å². The number of ether oxygens (including phenoxy) is 1. The fourth-order valence-corrected chi connectivity index (χ4v) is 2.69. The standard InChI is InChI=1S/C14H19BrO/c15-10-11-16-14-8-6-13(7-9-14)12-4-2-1-3-5-12/h1-5,13-14H,6-11H2. The second kappa shape index (κ2) is 6.41. The molecule has 1 fully saturated rings. The summed E-state index contributed by atoms with van der Waals surface area (Å²) < 4.78 is 5.77. The van der Waals surface area contributed by atoms with Crippen molar-refractivity contribution in [2.45, 2.75) is 37.7 Å². The lowest BCUT2D eigenvalue weighted by atomic mass is 9.83. The molecular formula is C14H19BrO. The molecule has 1 saturated carbocycles. The normalized spacial score (nSPS) is 25.6. The van der Waals surface area contributed by atoms with E-state index in [1.165, 1.54) is 31.2 Å². The zero-order valence-electron chi connectivity index (χ0n) is 9.57. The highest BCUT2D eigenvalue weighted by Crippen LogP contribution is 2.33. The molecular weight excluding hydrogens is 264 g/mol. The molecule has 0 aromatic heterocycles. The SMILES string of the molecule is BrCCOC1CCC(c2ccccc2)CC1. The van der Waals surface area contributed by atoms with Gasteiger partial charge >= 0.3 is 0 Å². The van der Waals surface area contributed by atoms with Crippen LogP contribution in [0.2, 0.25) is 0 Å². The summed E-state index contributed by atoms with van der Waals surface area (Å²) >= 11 is 3.40. The van der Waals surface area contributed by atoms with Gasteiger partial charge in [0.1, 0.15) is 0 Å². The zero-order valence-corrected chi connectivity index (χ0v) is 11.2. The summed E-state index contributed by atoms with van der Waals surface area (Å²) in [7, 11) is 0. The van der Waals surface area contributed by atoms with Crippen molar-refractivity contribution in [3.05, 3.63) is 35.9 Å². The second-order valence-electron chi connectivity index (χ2n) is 4.44. The van der Waals surface area contributed by atoms with Gasteiger partial charge in [0.15, 0.2) is 0 Å². The number of alkyl halides is 1. The fraction of sp³-hybridized carbons (Fsp3) is 0.571. The Hall–Kier alpha value is -0.340. The maximum atomic E-state index is 5.77. The van der Waals surface area contributed by atoms with E-state index in [9.17, 15) is 0 Å². The first-order valence-electron chi connectivity index (χ1n) is 6.12. The molecule has 0 bridgehead atoms. The van der Waals surface area contributed by atoms with Crippen LogP contribution < -0.4 is 0 Å². The third-order valence-electron chi connectivity index (χ3n) is 3.38. The van der Waals surface area contributed by atoms with E-state index in [2.05, 4.69) is 46.3 Å². The smallest absolute Gasteiger partial charge is 0.0576 e. The van der Waals surface area contributed by atoms with Gasteiger partial charge in [-0.2, -0.15) is 0 Å². The summed E-state index contributed by atoms with van der Waals surface area (Å²) in [6.07, 6.45) is 5.48. The highest BCUT2D eigenvalue weighted by atomic mass is 79.9. The lowest BCUT2D eigenvalue weighted by molar-refractivity contribution is 0.0348. The van der Waals surface area contributed by atoms with E-state index in [1.54, 1.807) is 0 Å². The molecule has 1 aromatic carbocycles. The molecule has 0 heterocycles. The largest absolute Gasteiger partial charge is 0.377 e. The Kier molecular flexibility index (Phi) is 4.86. The minimum absolute atomic E-state index is 0.498. The van der Waals surface area contributed by atoms with E-state index in [4.69, 9.17) is 4.74 Å². The molecule has 0 radical (unpaired) electrons. The van der Waals surface area contributed by atoms with Crippen molar-refractivity contribution in [3.8, 4) is 0 Å². The predicted molar refractivity (Wildman–Crippen MR) is 71.2 cm³/mol. The van der Waals surface area contributed by atoms with Crippen molar-refractivity contribution in [1.82, 2.24) is 0 Å². The van der Waals surface area contributed by atoms with Gasteiger partial charge < -0.3 is 4.74 Å². The van der Waals surface area contributed by atoms with Gasteiger partial charge in [0.05, 0.1) is 12.7 Å². The maximum Gasteiger partial charge on any atom is 0.0576 e. The van der Waals surface area contributed by atoms with Gasteiger partial charge in [0.2, 0.25) is 0 Å². The van der Waals surface area contributed by atoms with Crippen LogP contribution in [0.15, 0.2) is 30.3 Å². The lowest BCUT2D eigenvalue weighted by Gasteiger charge is -2.28. The molecule has 1 aromatic rings. The lowest BCUT2D eigenvalue weighted by Crippen LogP contribution is -2.21. The maximum absolute atomic E-state index is 5.77. The van der Waals surface area contributed by atoms with Gasteiger partial charge in [-0.25, -0.2) is 0 Å². The van der Waals surface area contributed by atoms with Gasteiger partial charge in [-0.3, -0.25) is 0 Å². The monoisotopic (exact) mass is 282 g/mol. The van der Waals surface area contributed by atoms with Gasteiger partial charge in [-0.15, -0.1) is 0 Å². The number of halogens is 1. The van der Waals surface area contributed by atoms with Crippen molar-refractivity contribution < 1.29 is 4.74 Å². The van der Waals surface area contributed by atoms with E-state index in [0.717, 1.165) is 17.9 Å². The van der Waals surface area contributed by atoms with Crippen LogP contribution in [-0.4, -0.2) is 18.0 Å². The molecule has 2 heteroatoms. The molecule has 16 heavy (non-hydrogen) atoms. The quantitative estimate of drug-likeness (QED) is 0.755. The number of benzene rings is 1. The molecule has 0 saturated heterocycles. The van der Waals surface area contributed by atoms with Gasteiger partial charge in [-0.1, -0.05) is 46.3 Å². The first-order valence-corrected chi connectivity index (χ1v) is 7.25. The van der Waals surface area contributed by atoms with Gasteiger partial charge in [0.25, 0.3) is 0 Å². The average Bonchev–Trinajstić information content (AvgIpc) is 2.38. The minimum atomic E-state index is 0.498. The second-order valence-corrected chi connectivity index (χ2v) is 5.24. The van der Waals surface area contributed by atoms with Crippen molar-refractivity contribution in [2.24, 2.45) is 0 Å². The summed E-state index contributed by atoms with van der Waals surface area (Å²) in [5.74, 6) is 0.755. The topological polar surface area (TPSA) is 9.23 Å². The Labute approximate surface area is 106 Å². The van der Waals surface area contributed by atoms with E-state index >= 15 is 0 Å². The number of hydrogen-bond donors (Lipinski definition) is 0. The summed E-state index contributed by atoms with van der Waals surface area (Å²) in [6, 6.07) is 10.9. The molecule has 1 aliphatic rings. The van der Waals surface area contributed by atoms with Crippen molar-refractivity contribution in [3.63, 3.8) is 0 Å². The average molecular weight is 283 g/mol. The summed E-state index contributed by atoms with van der Waals surface area (Å²) in [5.41, 5.74) is 1.50. The van der Waals surface area contributed by atoms with Crippen LogP contribution in [0.4, 0.5) is 0 Å². The van der Waals surface area contributed by atoms with E-state index in [1.807, 2.05) is 0 Å². The molecule has 1 aliphatic carbocycles. The zero-order chi connectivity index (χ0) is 11.2. The van der Waals surface area contributed by atoms with E-state index in [0.29, 0.717) is 6.10 Å². The third kappa shape index (κ3) is 3.33. The van der Waals surface area contributed by atoms with Crippen LogP contribution in [0, 0.1) is 0 Å². The highest BCUT2D eigenvalue weighted by molar-refractivity contribution is 9.09.